The quantitative estimate of drug-likeness (QED) is 0.0920. The Morgan fingerprint density at radius 1 is 0.225 bits per heavy atom. The molecule has 4 aromatic carbocycles. The normalized spacial score (nSPS) is 50.7. The molecule has 466 valence electrons. The summed E-state index contributed by atoms with van der Waals surface area (Å²) in [5.41, 5.74) is 35.3. The summed E-state index contributed by atoms with van der Waals surface area (Å²) in [6.07, 6.45) is 49.8. The first-order valence-electron chi connectivity index (χ1n) is 38.8. The molecule has 25 aliphatic rings. The molecule has 24 bridgehead atoms. The van der Waals surface area contributed by atoms with Gasteiger partial charge in [-0.05, 0) is 462 Å². The third-order valence-corrected chi connectivity index (χ3v) is 34.2. The molecule has 4 heteroatoms. The Hall–Kier alpha value is -3.92. The number of hydrogen-bond acceptors (Lipinski definition) is 4. The van der Waals surface area contributed by atoms with Crippen LogP contribution >= 0.6 is 0 Å². The average Bonchev–Trinajstić information content (AvgIpc) is 1.60. The second-order valence-electron chi connectivity index (χ2n) is 39.7. The summed E-state index contributed by atoms with van der Waals surface area (Å²) in [6, 6.07) is 22.4. The summed E-state index contributed by atoms with van der Waals surface area (Å²) in [7, 11) is 0. The van der Waals surface area contributed by atoms with Gasteiger partial charge in [0.1, 0.15) is 11.5 Å². The number of nitrogens with two attached hydrogens (primary N) is 2. The minimum Gasteiger partial charge on any atom is -0.505 e. The Bertz CT molecular complexity index is 3320. The van der Waals surface area contributed by atoms with Crippen LogP contribution in [0.25, 0.3) is 11.1 Å². The van der Waals surface area contributed by atoms with Crippen LogP contribution in [0.15, 0.2) is 48.5 Å². The van der Waals surface area contributed by atoms with E-state index in [9.17, 15) is 10.2 Å². The van der Waals surface area contributed by atoms with Gasteiger partial charge in [0.25, 0.3) is 0 Å². The number of nitrogen functional groups attached to an aromatic ring is 2. The highest BCUT2D eigenvalue weighted by Crippen LogP contribution is 2.73. The molecule has 24 saturated carbocycles. The van der Waals surface area contributed by atoms with Crippen LogP contribution in [0.1, 0.15) is 287 Å². The van der Waals surface area contributed by atoms with E-state index in [4.69, 9.17) is 11.5 Å². The molecule has 25 aliphatic carbocycles. The first-order valence-corrected chi connectivity index (χ1v) is 38.8. The van der Waals surface area contributed by atoms with Gasteiger partial charge in [-0.15, -0.1) is 0 Å². The molecular formula is C85H104N2O2. The zero-order valence-corrected chi connectivity index (χ0v) is 54.0. The molecule has 24 fully saturated rings. The Morgan fingerprint density at radius 2 is 0.404 bits per heavy atom. The number of aromatic hydroxyl groups is 2. The fourth-order valence-electron chi connectivity index (χ4n) is 34.2. The predicted molar refractivity (Wildman–Crippen MR) is 355 cm³/mol. The molecule has 0 spiro atoms. The average molecular weight is 1190 g/mol. The minimum absolute atomic E-state index is 0.0633. The van der Waals surface area contributed by atoms with Crippen LogP contribution in [0.5, 0.6) is 11.5 Å². The molecule has 0 saturated heterocycles. The number of phenolic OH excluding ortho intramolecular Hbond substituents is 2. The van der Waals surface area contributed by atoms with Crippen LogP contribution in [0.4, 0.5) is 11.4 Å². The van der Waals surface area contributed by atoms with Crippen molar-refractivity contribution >= 4 is 11.4 Å². The summed E-state index contributed by atoms with van der Waals surface area (Å²) in [4.78, 5) is 0. The number of hydrogen-bond donors (Lipinski definition) is 4. The van der Waals surface area contributed by atoms with Gasteiger partial charge in [0.05, 0.1) is 16.8 Å². The molecule has 0 radical (unpaired) electrons. The lowest BCUT2D eigenvalue weighted by Crippen LogP contribution is -2.52. The van der Waals surface area contributed by atoms with E-state index in [1.807, 2.05) is 22.3 Å². The molecule has 29 rings (SSSR count). The third-order valence-electron chi connectivity index (χ3n) is 34.2. The van der Waals surface area contributed by atoms with Crippen molar-refractivity contribution in [3.05, 3.63) is 104 Å². The van der Waals surface area contributed by atoms with Crippen molar-refractivity contribution in [2.45, 2.75) is 269 Å². The molecule has 0 aliphatic heterocycles. The Labute approximate surface area is 532 Å². The van der Waals surface area contributed by atoms with E-state index >= 15 is 0 Å². The fraction of sp³-hybridized carbons (Fsp3) is 0.718. The number of phenols is 2. The van der Waals surface area contributed by atoms with Gasteiger partial charge < -0.3 is 21.7 Å². The van der Waals surface area contributed by atoms with Crippen LogP contribution in [-0.4, -0.2) is 10.2 Å². The van der Waals surface area contributed by atoms with E-state index in [2.05, 4.69) is 48.5 Å². The van der Waals surface area contributed by atoms with Gasteiger partial charge in [0.15, 0.2) is 0 Å². The van der Waals surface area contributed by atoms with Crippen molar-refractivity contribution in [3.8, 4) is 22.6 Å². The third kappa shape index (κ3) is 6.92. The van der Waals surface area contributed by atoms with Gasteiger partial charge in [0.2, 0.25) is 0 Å². The molecule has 0 amide bonds. The SMILES string of the molecule is Nc1cc(C2(c3cc(N)c(O)c(C45CC6CC(CC(C6)C4)C5)c3)c3cc(C45CC6CC(CC(C6)C4)C5)c(C45CC6CC(CC(C6)C4)C5)cc3-c3cc(C45CC6CC(CC(C6)C4)C5)c(C45CC6CC(CC(C6)C4)C5)cc32)cc(C23CC4CC(CC(C4)C2)C3)c1O. The second-order valence-corrected chi connectivity index (χ2v) is 39.7. The highest BCUT2D eigenvalue weighted by Gasteiger charge is 2.63. The number of benzene rings is 4. The number of fused-ring (bicyclic) bond motifs is 3. The van der Waals surface area contributed by atoms with E-state index in [1.165, 1.54) is 265 Å². The summed E-state index contributed by atoms with van der Waals surface area (Å²) >= 11 is 0. The van der Waals surface area contributed by atoms with Crippen LogP contribution in [0, 0.1) is 107 Å². The second kappa shape index (κ2) is 17.1. The minimum atomic E-state index is -0.767. The van der Waals surface area contributed by atoms with Gasteiger partial charge in [-0.1, -0.05) is 12.1 Å². The van der Waals surface area contributed by atoms with Gasteiger partial charge in [-0.3, -0.25) is 0 Å². The van der Waals surface area contributed by atoms with Crippen molar-refractivity contribution in [1.82, 2.24) is 0 Å². The molecule has 0 atom stereocenters. The molecule has 4 aromatic rings. The van der Waals surface area contributed by atoms with Crippen molar-refractivity contribution in [1.29, 1.82) is 0 Å². The topological polar surface area (TPSA) is 92.5 Å². The lowest BCUT2D eigenvalue weighted by atomic mass is 9.44. The molecule has 0 heterocycles. The zero-order chi connectivity index (χ0) is 58.2. The molecule has 0 aromatic heterocycles. The van der Waals surface area contributed by atoms with Crippen LogP contribution < -0.4 is 11.5 Å². The fourth-order valence-corrected chi connectivity index (χ4v) is 34.2. The van der Waals surface area contributed by atoms with Crippen molar-refractivity contribution in [3.63, 3.8) is 0 Å². The summed E-state index contributed by atoms with van der Waals surface area (Å²) in [6.45, 7) is 0. The van der Waals surface area contributed by atoms with E-state index in [0.717, 1.165) is 107 Å². The molecule has 6 N–H and O–H groups in total. The van der Waals surface area contributed by atoms with Crippen LogP contribution in [0.3, 0.4) is 0 Å². The van der Waals surface area contributed by atoms with E-state index in [1.54, 1.807) is 11.1 Å². The molecule has 0 unspecified atom stereocenters. The first kappa shape index (κ1) is 52.5. The van der Waals surface area contributed by atoms with Gasteiger partial charge >= 0.3 is 0 Å². The standard InChI is InChI=1S/C85H104N2O2/c86-75-21-63(19-73(77(75)88)83-39-57-13-58(40-83)15-59(14-57)41-83)85(64-20-74(78(89)76(87)22-64)84-42-60-16-61(43-84)18-62(17-60)44-84)67-25-71(81-33-51-7-52(34-81)9-53(8-51)35-81)69(79-27-45-1-46(28-79)3-47(2-45)29-79)23-65(67)66-24-70(80-30-48-4-49(31-80)6-50(5-48)32-80)72(26-68(66)85)82-36-54-10-55(37-82)12-56(11-54)38-82/h19-26,45-62,88-89H,1-18,27-44,86-87H2. The van der Waals surface area contributed by atoms with Gasteiger partial charge in [-0.25, -0.2) is 0 Å². The monoisotopic (exact) mass is 1180 g/mol. The van der Waals surface area contributed by atoms with Crippen molar-refractivity contribution in [2.75, 3.05) is 11.5 Å². The smallest absolute Gasteiger partial charge is 0.142 e. The predicted octanol–water partition coefficient (Wildman–Crippen LogP) is 19.4. The summed E-state index contributed by atoms with van der Waals surface area (Å²) in [5.74, 6) is 15.6. The Kier molecular flexibility index (Phi) is 10.1. The van der Waals surface area contributed by atoms with Crippen LogP contribution in [0.2, 0.25) is 0 Å². The first-order chi connectivity index (χ1) is 43.1. The van der Waals surface area contributed by atoms with Gasteiger partial charge in [0, 0.05) is 11.1 Å². The lowest BCUT2D eigenvalue weighted by molar-refractivity contribution is -0.0174. The zero-order valence-electron chi connectivity index (χ0n) is 54.0. The lowest BCUT2D eigenvalue weighted by Gasteiger charge is -2.61. The maximum Gasteiger partial charge on any atom is 0.142 e. The van der Waals surface area contributed by atoms with E-state index in [0.29, 0.717) is 22.9 Å². The van der Waals surface area contributed by atoms with E-state index < -0.39 is 5.41 Å². The summed E-state index contributed by atoms with van der Waals surface area (Å²) in [5, 5.41) is 26.3. The van der Waals surface area contributed by atoms with Gasteiger partial charge in [-0.2, -0.15) is 0 Å². The molecule has 89 heavy (non-hydrogen) atoms. The largest absolute Gasteiger partial charge is 0.505 e. The number of anilines is 2. The van der Waals surface area contributed by atoms with E-state index in [-0.39, 0.29) is 32.5 Å². The highest BCUT2D eigenvalue weighted by molar-refractivity contribution is 5.90. The van der Waals surface area contributed by atoms with Crippen LogP contribution in [-0.2, 0) is 37.9 Å². The summed E-state index contributed by atoms with van der Waals surface area (Å²) < 4.78 is 0. The Balaban J connectivity index is 0.864. The highest BCUT2D eigenvalue weighted by atomic mass is 16.3. The number of rotatable bonds is 8. The maximum absolute atomic E-state index is 13.2. The molecular weight excluding hydrogens is 1080 g/mol. The Morgan fingerprint density at radius 3 is 0.607 bits per heavy atom. The maximum atomic E-state index is 13.2. The molecule has 4 nitrogen and oxygen atoms in total. The van der Waals surface area contributed by atoms with Crippen molar-refractivity contribution in [2.24, 2.45) is 107 Å². The van der Waals surface area contributed by atoms with Crippen molar-refractivity contribution < 1.29 is 10.2 Å².